The number of hydrogen-bond acceptors (Lipinski definition) is 15. The molecule has 4 aromatic rings. The third kappa shape index (κ3) is 13.3. The lowest BCUT2D eigenvalue weighted by Crippen LogP contribution is -2.48. The number of carbonyl (C=O) groups is 3. The highest BCUT2D eigenvalue weighted by atomic mass is 35.5. The van der Waals surface area contributed by atoms with Crippen molar-refractivity contribution in [3.63, 3.8) is 0 Å². The molecule has 18 nitrogen and oxygen atoms in total. The third-order valence-electron chi connectivity index (χ3n) is 13.9. The summed E-state index contributed by atoms with van der Waals surface area (Å²) in [5, 5.41) is 22.8. The highest BCUT2D eigenvalue weighted by Gasteiger charge is 2.35. The van der Waals surface area contributed by atoms with Crippen LogP contribution < -0.4 is 20.9 Å². The first-order chi connectivity index (χ1) is 34.8. The Hall–Kier alpha value is -5.99. The predicted molar refractivity (Wildman–Crippen MR) is 274 cm³/mol. The molecule has 1 unspecified atom stereocenters. The number of likely N-dealkylation sites (tertiary alicyclic amines) is 3. The second-order valence-corrected chi connectivity index (χ2v) is 20.6. The Morgan fingerprint density at radius 3 is 1.94 bits per heavy atom. The number of rotatable bonds is 18. The number of anilines is 2. The van der Waals surface area contributed by atoms with E-state index in [2.05, 4.69) is 45.5 Å². The molecule has 2 atom stereocenters. The third-order valence-corrected chi connectivity index (χ3v) is 14.4. The first-order valence-corrected chi connectivity index (χ1v) is 25.9. The number of nitriles is 2. The lowest BCUT2D eigenvalue weighted by atomic mass is 9.93. The Labute approximate surface area is 432 Å². The minimum absolute atomic E-state index is 0.0731. The number of hydrogen-bond donors (Lipinski definition) is 2. The Morgan fingerprint density at radius 2 is 1.33 bits per heavy atom. The van der Waals surface area contributed by atoms with Crippen molar-refractivity contribution in [2.24, 2.45) is 11.8 Å². The van der Waals surface area contributed by atoms with Crippen molar-refractivity contribution >= 4 is 52.6 Å². The first kappa shape index (κ1) is 52.3. The van der Waals surface area contributed by atoms with E-state index in [9.17, 15) is 24.9 Å². The average Bonchev–Trinajstić information content (AvgIpc) is 4.11. The fraction of sp³-hybridized carbons (Fsp3) is 0.519. The molecule has 4 fully saturated rings. The summed E-state index contributed by atoms with van der Waals surface area (Å²) in [7, 11) is 0. The topological polar surface area (TPSA) is 203 Å². The van der Waals surface area contributed by atoms with Gasteiger partial charge in [0.2, 0.25) is 17.6 Å². The maximum absolute atomic E-state index is 14.3. The lowest BCUT2D eigenvalue weighted by molar-refractivity contribution is -0.135. The normalized spacial score (nSPS) is 18.4. The molecule has 72 heavy (non-hydrogen) atoms. The number of benzene rings is 2. The molecule has 0 bridgehead atoms. The molecule has 4 aliphatic heterocycles. The second kappa shape index (κ2) is 24.6. The number of nitrogens with one attached hydrogen (secondary N) is 2. The smallest absolute Gasteiger partial charge is 0.269 e. The summed E-state index contributed by atoms with van der Waals surface area (Å²) in [5.41, 5.74) is 9.87. The fourth-order valence-corrected chi connectivity index (χ4v) is 10.6. The van der Waals surface area contributed by atoms with Crippen LogP contribution in [0.15, 0.2) is 54.9 Å². The average molecular weight is 1020 g/mol. The van der Waals surface area contributed by atoms with Crippen molar-refractivity contribution < 1.29 is 19.1 Å². The molecule has 380 valence electrons. The molecule has 4 aliphatic rings. The van der Waals surface area contributed by atoms with Crippen LogP contribution in [-0.2, 0) is 29.0 Å². The van der Waals surface area contributed by atoms with Crippen LogP contribution in [0.3, 0.4) is 0 Å². The SMILES string of the molecule is CC(C)CN(NC(=O)c1ccc(CN2CCC(N3CCOCC3)CC2)c(CC(C)CN(NC(=O)c2ccc(CN3CCC[C@H]3C(=O)N3CCCC3)cc2)c2nc(C#N)ncc2Cl)c1)c1nc(C#N)ncc1Cl. The van der Waals surface area contributed by atoms with E-state index in [1.54, 1.807) is 22.2 Å². The van der Waals surface area contributed by atoms with Gasteiger partial charge >= 0.3 is 0 Å². The fourth-order valence-electron chi connectivity index (χ4n) is 10.2. The van der Waals surface area contributed by atoms with E-state index in [0.29, 0.717) is 43.2 Å². The molecule has 2 aromatic heterocycles. The molecule has 0 saturated carbocycles. The van der Waals surface area contributed by atoms with Gasteiger partial charge in [-0.25, -0.2) is 9.97 Å². The van der Waals surface area contributed by atoms with Gasteiger partial charge in [-0.3, -0.25) is 50.0 Å². The zero-order chi connectivity index (χ0) is 50.7. The minimum Gasteiger partial charge on any atom is -0.379 e. The zero-order valence-corrected chi connectivity index (χ0v) is 42.9. The number of aromatic nitrogens is 4. The Kier molecular flexibility index (Phi) is 17.9. The predicted octanol–water partition coefficient (Wildman–Crippen LogP) is 6.04. The number of morpholine rings is 1. The van der Waals surface area contributed by atoms with E-state index >= 15 is 0 Å². The molecule has 0 spiro atoms. The van der Waals surface area contributed by atoms with Gasteiger partial charge in [0.1, 0.15) is 22.2 Å². The highest BCUT2D eigenvalue weighted by molar-refractivity contribution is 6.33. The van der Waals surface area contributed by atoms with Gasteiger partial charge in [0.15, 0.2) is 11.6 Å². The molecule has 2 N–H and O–H groups in total. The number of amides is 3. The van der Waals surface area contributed by atoms with Crippen molar-refractivity contribution in [3.05, 3.63) is 104 Å². The summed E-state index contributed by atoms with van der Waals surface area (Å²) < 4.78 is 5.62. The van der Waals surface area contributed by atoms with Crippen LogP contribution in [0.5, 0.6) is 0 Å². The van der Waals surface area contributed by atoms with Gasteiger partial charge in [0.25, 0.3) is 11.8 Å². The van der Waals surface area contributed by atoms with Crippen LogP contribution in [-0.4, -0.2) is 141 Å². The van der Waals surface area contributed by atoms with Crippen molar-refractivity contribution in [2.45, 2.75) is 90.9 Å². The van der Waals surface area contributed by atoms with Crippen LogP contribution in [0.4, 0.5) is 11.6 Å². The Balaban J connectivity index is 1.02. The molecule has 20 heteroatoms. The first-order valence-electron chi connectivity index (χ1n) is 25.2. The second-order valence-electron chi connectivity index (χ2n) is 19.8. The Bertz CT molecular complexity index is 2620. The number of nitrogens with zero attached hydrogens (tertiary/aromatic N) is 12. The van der Waals surface area contributed by atoms with Gasteiger partial charge in [-0.05, 0) is 117 Å². The molecular formula is C52H64Cl2N14O4. The molecule has 4 saturated heterocycles. The van der Waals surface area contributed by atoms with Gasteiger partial charge in [-0.15, -0.1) is 0 Å². The number of ether oxygens (including phenoxy) is 1. The maximum Gasteiger partial charge on any atom is 0.269 e. The van der Waals surface area contributed by atoms with Crippen molar-refractivity contribution in [1.29, 1.82) is 10.5 Å². The summed E-state index contributed by atoms with van der Waals surface area (Å²) >= 11 is 13.3. The number of carbonyl (C=O) groups excluding carboxylic acids is 3. The number of hydrazine groups is 2. The molecular weight excluding hydrogens is 956 g/mol. The van der Waals surface area contributed by atoms with Crippen molar-refractivity contribution in [3.8, 4) is 12.1 Å². The zero-order valence-electron chi connectivity index (χ0n) is 41.4. The largest absolute Gasteiger partial charge is 0.379 e. The summed E-state index contributed by atoms with van der Waals surface area (Å²) in [6.07, 6.45) is 9.23. The maximum atomic E-state index is 14.3. The monoisotopic (exact) mass is 1020 g/mol. The summed E-state index contributed by atoms with van der Waals surface area (Å²) in [6.45, 7) is 15.7. The molecule has 8 rings (SSSR count). The van der Waals surface area contributed by atoms with E-state index in [-0.39, 0.29) is 69.6 Å². The molecule has 0 aliphatic carbocycles. The van der Waals surface area contributed by atoms with Crippen LogP contribution in [0.1, 0.15) is 108 Å². The van der Waals surface area contributed by atoms with Crippen LogP contribution in [0.25, 0.3) is 0 Å². The molecule has 6 heterocycles. The quantitative estimate of drug-likeness (QED) is 0.109. The summed E-state index contributed by atoms with van der Waals surface area (Å²) in [6, 6.07) is 17.5. The number of halogens is 2. The minimum atomic E-state index is -0.401. The highest BCUT2D eigenvalue weighted by Crippen LogP contribution is 2.29. The van der Waals surface area contributed by atoms with Gasteiger partial charge in [-0.1, -0.05) is 62.2 Å². The van der Waals surface area contributed by atoms with Crippen LogP contribution in [0.2, 0.25) is 10.0 Å². The van der Waals surface area contributed by atoms with Gasteiger partial charge in [0, 0.05) is 69.5 Å². The van der Waals surface area contributed by atoms with Gasteiger partial charge in [0.05, 0.1) is 31.6 Å². The van der Waals surface area contributed by atoms with Gasteiger partial charge < -0.3 is 9.64 Å². The number of piperidine rings is 1. The lowest BCUT2D eigenvalue weighted by Gasteiger charge is -2.40. The Morgan fingerprint density at radius 1 is 0.736 bits per heavy atom. The van der Waals surface area contributed by atoms with Crippen molar-refractivity contribution in [1.82, 2.24) is 50.4 Å². The standard InChI is InChI=1S/C52H64Cl2N14O4/c1-35(2)31-67(48-43(53)29-57-46(27-55)59-48)62-51(70)39-12-13-40(34-63-19-14-42(15-20-63)64-21-23-72-24-22-64)41(26-39)25-36(3)32-68(49-44(54)30-58-47(28-56)60-49)61-50(69)38-10-8-37(9-11-38)33-66-18-6-7-45(66)52(71)65-16-4-5-17-65/h8-13,26,29-30,35-36,42,45H,4-7,14-25,31-34H2,1-3H3,(H,61,69)(H,62,70)/t36?,45-/m0/s1. The summed E-state index contributed by atoms with van der Waals surface area (Å²) in [5.74, 6) is -0.434. The summed E-state index contributed by atoms with van der Waals surface area (Å²) in [4.78, 5) is 67.8. The van der Waals surface area contributed by atoms with E-state index in [1.165, 1.54) is 12.4 Å². The van der Waals surface area contributed by atoms with E-state index in [4.69, 9.17) is 27.9 Å². The van der Waals surface area contributed by atoms with Crippen LogP contribution >= 0.6 is 23.2 Å². The molecule has 2 aromatic carbocycles. The molecule has 0 radical (unpaired) electrons. The van der Waals surface area contributed by atoms with E-state index < -0.39 is 5.91 Å². The van der Waals surface area contributed by atoms with Gasteiger partial charge in [-0.2, -0.15) is 20.5 Å². The van der Waals surface area contributed by atoms with E-state index in [0.717, 1.165) is 114 Å². The molecule has 3 amide bonds. The van der Waals surface area contributed by atoms with Crippen molar-refractivity contribution in [2.75, 3.05) is 82.1 Å². The van der Waals surface area contributed by atoms with E-state index in [1.807, 2.05) is 68.1 Å². The van der Waals surface area contributed by atoms with Crippen LogP contribution in [0, 0.1) is 34.5 Å².